The highest BCUT2D eigenvalue weighted by atomic mass is 35.5. The van der Waals surface area contributed by atoms with Crippen LogP contribution in [0, 0.1) is 0 Å². The molecule has 1 N–H and O–H groups in total. The lowest BCUT2D eigenvalue weighted by atomic mass is 10.2. The zero-order chi connectivity index (χ0) is 12.8. The van der Waals surface area contributed by atoms with Gasteiger partial charge in [0.05, 0.1) is 5.02 Å². The number of nitrogens with one attached hydrogen (secondary N) is 1. The molecule has 0 atom stereocenters. The van der Waals surface area contributed by atoms with Crippen LogP contribution in [0.1, 0.15) is 19.4 Å². The standard InChI is InChI=1S/C11H15ClF2N2O/c1-7(2)15-4-8-3-11(16-5-9(8)12)17-6-10(13)14/h3,5,7,10,15H,4,6H2,1-2H3. The second kappa shape index (κ2) is 6.71. The van der Waals surface area contributed by atoms with Gasteiger partial charge in [-0.15, -0.1) is 0 Å². The number of aromatic nitrogens is 1. The lowest BCUT2D eigenvalue weighted by Crippen LogP contribution is -2.22. The van der Waals surface area contributed by atoms with Gasteiger partial charge >= 0.3 is 0 Å². The van der Waals surface area contributed by atoms with E-state index in [-0.39, 0.29) is 5.88 Å². The summed E-state index contributed by atoms with van der Waals surface area (Å²) in [6.45, 7) is 3.89. The predicted octanol–water partition coefficient (Wildman–Crippen LogP) is 2.88. The summed E-state index contributed by atoms with van der Waals surface area (Å²) < 4.78 is 28.7. The number of hydrogen-bond acceptors (Lipinski definition) is 3. The van der Waals surface area contributed by atoms with Crippen molar-refractivity contribution in [2.45, 2.75) is 32.9 Å². The first-order valence-corrected chi connectivity index (χ1v) is 5.65. The Hall–Kier alpha value is -0.940. The highest BCUT2D eigenvalue weighted by molar-refractivity contribution is 6.31. The van der Waals surface area contributed by atoms with Gasteiger partial charge in [-0.25, -0.2) is 13.8 Å². The monoisotopic (exact) mass is 264 g/mol. The van der Waals surface area contributed by atoms with Gasteiger partial charge < -0.3 is 10.1 Å². The average molecular weight is 265 g/mol. The molecule has 0 unspecified atom stereocenters. The lowest BCUT2D eigenvalue weighted by molar-refractivity contribution is 0.0795. The predicted molar refractivity (Wildman–Crippen MR) is 62.7 cm³/mol. The minimum Gasteiger partial charge on any atom is -0.472 e. The first kappa shape index (κ1) is 14.1. The highest BCUT2D eigenvalue weighted by Gasteiger charge is 2.08. The second-order valence-electron chi connectivity index (χ2n) is 3.85. The van der Waals surface area contributed by atoms with Gasteiger partial charge in [-0.3, -0.25) is 0 Å². The van der Waals surface area contributed by atoms with Gasteiger partial charge in [0.2, 0.25) is 5.88 Å². The Morgan fingerprint density at radius 1 is 1.47 bits per heavy atom. The van der Waals surface area contributed by atoms with Crippen molar-refractivity contribution in [2.24, 2.45) is 0 Å². The molecule has 0 radical (unpaired) electrons. The van der Waals surface area contributed by atoms with Gasteiger partial charge in [0, 0.05) is 24.8 Å². The molecule has 0 aliphatic rings. The van der Waals surface area contributed by atoms with Gasteiger partial charge in [0.15, 0.2) is 6.61 Å². The van der Waals surface area contributed by atoms with E-state index in [0.29, 0.717) is 17.6 Å². The van der Waals surface area contributed by atoms with E-state index < -0.39 is 13.0 Å². The molecule has 17 heavy (non-hydrogen) atoms. The molecule has 0 saturated heterocycles. The van der Waals surface area contributed by atoms with Crippen molar-refractivity contribution in [3.63, 3.8) is 0 Å². The molecular weight excluding hydrogens is 250 g/mol. The van der Waals surface area contributed by atoms with E-state index in [1.807, 2.05) is 13.8 Å². The quantitative estimate of drug-likeness (QED) is 0.858. The van der Waals surface area contributed by atoms with E-state index in [1.165, 1.54) is 6.20 Å². The summed E-state index contributed by atoms with van der Waals surface area (Å²) >= 11 is 5.94. The minimum atomic E-state index is -2.51. The van der Waals surface area contributed by atoms with E-state index >= 15 is 0 Å². The fourth-order valence-electron chi connectivity index (χ4n) is 1.14. The van der Waals surface area contributed by atoms with Crippen LogP contribution in [0.2, 0.25) is 5.02 Å². The molecule has 1 rings (SSSR count). The summed E-state index contributed by atoms with van der Waals surface area (Å²) in [5.74, 6) is 0.162. The van der Waals surface area contributed by atoms with E-state index in [0.717, 1.165) is 5.56 Å². The number of ether oxygens (including phenoxy) is 1. The van der Waals surface area contributed by atoms with E-state index in [9.17, 15) is 8.78 Å². The van der Waals surface area contributed by atoms with Crippen LogP contribution >= 0.6 is 11.6 Å². The summed E-state index contributed by atoms with van der Waals surface area (Å²) in [7, 11) is 0. The molecule has 1 aromatic heterocycles. The number of rotatable bonds is 6. The summed E-state index contributed by atoms with van der Waals surface area (Å²) in [6.07, 6.45) is -1.11. The van der Waals surface area contributed by atoms with Crippen LogP contribution in [0.15, 0.2) is 12.3 Å². The summed E-state index contributed by atoms with van der Waals surface area (Å²) in [6, 6.07) is 1.88. The van der Waals surface area contributed by atoms with Crippen LogP contribution in [-0.2, 0) is 6.54 Å². The largest absolute Gasteiger partial charge is 0.472 e. The zero-order valence-electron chi connectivity index (χ0n) is 9.71. The number of alkyl halides is 2. The van der Waals surface area contributed by atoms with Crippen molar-refractivity contribution in [3.8, 4) is 5.88 Å². The molecule has 0 spiro atoms. The van der Waals surface area contributed by atoms with Gasteiger partial charge in [0.25, 0.3) is 6.43 Å². The maximum Gasteiger partial charge on any atom is 0.272 e. The van der Waals surface area contributed by atoms with Gasteiger partial charge in [0.1, 0.15) is 0 Å². The molecule has 0 saturated carbocycles. The Kier molecular flexibility index (Phi) is 5.58. The molecule has 0 fully saturated rings. The van der Waals surface area contributed by atoms with Crippen LogP contribution in [0.4, 0.5) is 8.78 Å². The number of hydrogen-bond donors (Lipinski definition) is 1. The van der Waals surface area contributed by atoms with Crippen molar-refractivity contribution in [2.75, 3.05) is 6.61 Å². The van der Waals surface area contributed by atoms with Crippen LogP contribution in [-0.4, -0.2) is 24.1 Å². The van der Waals surface area contributed by atoms with Crippen molar-refractivity contribution < 1.29 is 13.5 Å². The van der Waals surface area contributed by atoms with Crippen molar-refractivity contribution in [3.05, 3.63) is 22.8 Å². The van der Waals surface area contributed by atoms with Crippen LogP contribution < -0.4 is 10.1 Å². The van der Waals surface area contributed by atoms with Gasteiger partial charge in [-0.1, -0.05) is 25.4 Å². The smallest absolute Gasteiger partial charge is 0.272 e. The number of pyridine rings is 1. The van der Waals surface area contributed by atoms with E-state index in [2.05, 4.69) is 10.3 Å². The lowest BCUT2D eigenvalue weighted by Gasteiger charge is -2.11. The van der Waals surface area contributed by atoms with Crippen LogP contribution in [0.5, 0.6) is 5.88 Å². The normalized spacial score (nSPS) is 11.2. The first-order valence-electron chi connectivity index (χ1n) is 5.27. The third-order valence-electron chi connectivity index (χ3n) is 1.97. The topological polar surface area (TPSA) is 34.1 Å². The van der Waals surface area contributed by atoms with Gasteiger partial charge in [-0.05, 0) is 5.56 Å². The molecule has 0 aromatic carbocycles. The Morgan fingerprint density at radius 3 is 2.76 bits per heavy atom. The molecule has 1 heterocycles. The minimum absolute atomic E-state index is 0.162. The summed E-state index contributed by atoms with van der Waals surface area (Å²) in [5, 5.41) is 3.67. The van der Waals surface area contributed by atoms with Crippen molar-refractivity contribution in [1.29, 1.82) is 0 Å². The summed E-state index contributed by atoms with van der Waals surface area (Å²) in [4.78, 5) is 3.82. The highest BCUT2D eigenvalue weighted by Crippen LogP contribution is 2.19. The van der Waals surface area contributed by atoms with E-state index in [4.69, 9.17) is 16.3 Å². The molecule has 0 amide bonds. The molecule has 3 nitrogen and oxygen atoms in total. The molecular formula is C11H15ClF2N2O. The zero-order valence-corrected chi connectivity index (χ0v) is 10.5. The fourth-order valence-corrected chi connectivity index (χ4v) is 1.31. The molecule has 0 bridgehead atoms. The second-order valence-corrected chi connectivity index (χ2v) is 4.26. The maximum absolute atomic E-state index is 12.0. The molecule has 1 aromatic rings. The van der Waals surface area contributed by atoms with Crippen LogP contribution in [0.3, 0.4) is 0 Å². The van der Waals surface area contributed by atoms with Crippen molar-refractivity contribution in [1.82, 2.24) is 10.3 Å². The molecule has 0 aliphatic heterocycles. The summed E-state index contributed by atoms with van der Waals surface area (Å²) in [5.41, 5.74) is 0.777. The average Bonchev–Trinajstić information content (AvgIpc) is 2.26. The van der Waals surface area contributed by atoms with Crippen molar-refractivity contribution >= 4 is 11.6 Å². The third kappa shape index (κ3) is 5.28. The molecule has 6 heteroatoms. The Bertz CT molecular complexity index is 361. The number of nitrogens with zero attached hydrogens (tertiary/aromatic N) is 1. The molecule has 0 aliphatic carbocycles. The maximum atomic E-state index is 12.0. The Balaban J connectivity index is 2.65. The van der Waals surface area contributed by atoms with E-state index in [1.54, 1.807) is 6.07 Å². The SMILES string of the molecule is CC(C)NCc1cc(OCC(F)F)ncc1Cl. The van der Waals surface area contributed by atoms with Crippen LogP contribution in [0.25, 0.3) is 0 Å². The number of halogens is 3. The first-order chi connectivity index (χ1) is 7.99. The molecule has 96 valence electrons. The van der Waals surface area contributed by atoms with Gasteiger partial charge in [-0.2, -0.15) is 0 Å². The Morgan fingerprint density at radius 2 is 2.18 bits per heavy atom. The Labute approximate surface area is 104 Å². The fraction of sp³-hybridized carbons (Fsp3) is 0.545. The third-order valence-corrected chi connectivity index (χ3v) is 2.31.